The third kappa shape index (κ3) is 15.5. The minimum atomic E-state index is -1.06. The molecule has 0 aliphatic rings. The second kappa shape index (κ2) is 17.0. The Morgan fingerprint density at radius 3 is 1.31 bits per heavy atom. The number of hydrogen-bond acceptors (Lipinski definition) is 4. The summed E-state index contributed by atoms with van der Waals surface area (Å²) >= 11 is 0. The summed E-state index contributed by atoms with van der Waals surface area (Å²) in [6, 6.07) is 16.7. The third-order valence-electron chi connectivity index (χ3n) is 2.68. The Bertz CT molecular complexity index is 816. The summed E-state index contributed by atoms with van der Waals surface area (Å²) in [5, 5.41) is 32.0. The van der Waals surface area contributed by atoms with Crippen molar-refractivity contribution in [2.75, 3.05) is 0 Å². The fourth-order valence-electron chi connectivity index (χ4n) is 1.34. The van der Waals surface area contributed by atoms with Crippen molar-refractivity contribution in [1.82, 2.24) is 0 Å². The molecule has 7 heteroatoms. The molecule has 0 saturated carbocycles. The first-order valence-electron chi connectivity index (χ1n) is 7.83. The second-order valence-electron chi connectivity index (χ2n) is 4.68. The summed E-state index contributed by atoms with van der Waals surface area (Å²) in [6.45, 7) is 9.71. The van der Waals surface area contributed by atoms with E-state index in [0.29, 0.717) is 0 Å². The van der Waals surface area contributed by atoms with Crippen molar-refractivity contribution >= 4 is 24.0 Å². The number of hydrogen-bond donors (Lipinski definition) is 3. The monoisotopic (exact) mass is 395 g/mol. The molecule has 0 heterocycles. The van der Waals surface area contributed by atoms with Crippen LogP contribution in [0.25, 0.3) is 6.08 Å². The molecule has 0 aliphatic carbocycles. The SMILES string of the molecule is C=CC#N.C=CC(=O)O.C=Cc1ccccc1.O=C(O)c1ccc(C(=O)O)cc1. The topological polar surface area (TPSA) is 136 Å². The summed E-state index contributed by atoms with van der Waals surface area (Å²) < 4.78 is 0. The lowest BCUT2D eigenvalue weighted by Gasteiger charge is -1.94. The highest BCUT2D eigenvalue weighted by Crippen LogP contribution is 2.03. The summed E-state index contributed by atoms with van der Waals surface area (Å²) in [6.07, 6.45) is 3.85. The zero-order valence-corrected chi connectivity index (χ0v) is 15.6. The minimum Gasteiger partial charge on any atom is -0.478 e. The maximum atomic E-state index is 10.3. The molecule has 7 nitrogen and oxygen atoms in total. The Kier molecular flexibility index (Phi) is 15.7. The van der Waals surface area contributed by atoms with Crippen molar-refractivity contribution in [1.29, 1.82) is 5.26 Å². The van der Waals surface area contributed by atoms with Crippen molar-refractivity contribution in [2.24, 2.45) is 0 Å². The molecule has 0 atom stereocenters. The number of aliphatic carboxylic acids is 1. The predicted molar refractivity (Wildman–Crippen MR) is 111 cm³/mol. The van der Waals surface area contributed by atoms with E-state index < -0.39 is 17.9 Å². The Labute approximate surface area is 168 Å². The van der Waals surface area contributed by atoms with Crippen molar-refractivity contribution in [3.8, 4) is 6.07 Å². The maximum Gasteiger partial charge on any atom is 0.335 e. The van der Waals surface area contributed by atoms with Crippen LogP contribution < -0.4 is 0 Å². The highest BCUT2D eigenvalue weighted by molar-refractivity contribution is 5.91. The van der Waals surface area contributed by atoms with Gasteiger partial charge in [0.1, 0.15) is 0 Å². The minimum absolute atomic E-state index is 0.0833. The lowest BCUT2D eigenvalue weighted by molar-refractivity contribution is -0.131. The van der Waals surface area contributed by atoms with Gasteiger partial charge in [0, 0.05) is 12.2 Å². The van der Waals surface area contributed by atoms with Gasteiger partial charge < -0.3 is 15.3 Å². The van der Waals surface area contributed by atoms with Crippen molar-refractivity contribution in [2.45, 2.75) is 0 Å². The van der Waals surface area contributed by atoms with Crippen LogP contribution in [0.2, 0.25) is 0 Å². The van der Waals surface area contributed by atoms with E-state index in [1.807, 2.05) is 36.4 Å². The lowest BCUT2D eigenvalue weighted by atomic mass is 10.1. The fourth-order valence-corrected chi connectivity index (χ4v) is 1.34. The molecular formula is C22H21NO6. The Morgan fingerprint density at radius 1 is 0.793 bits per heavy atom. The Balaban J connectivity index is 0. The molecule has 0 unspecified atom stereocenters. The molecule has 150 valence electrons. The number of carboxylic acids is 3. The van der Waals surface area contributed by atoms with Gasteiger partial charge in [-0.15, -0.1) is 0 Å². The Hall–Kier alpha value is -4.44. The van der Waals surface area contributed by atoms with E-state index in [1.165, 1.54) is 35.9 Å². The largest absolute Gasteiger partial charge is 0.478 e. The van der Waals surface area contributed by atoms with Crippen LogP contribution in [0.1, 0.15) is 26.3 Å². The number of rotatable bonds is 4. The first kappa shape index (κ1) is 26.8. The highest BCUT2D eigenvalue weighted by atomic mass is 16.4. The van der Waals surface area contributed by atoms with Crippen LogP contribution >= 0.6 is 0 Å². The van der Waals surface area contributed by atoms with Crippen LogP contribution in [0.15, 0.2) is 86.5 Å². The van der Waals surface area contributed by atoms with E-state index in [4.69, 9.17) is 20.6 Å². The molecule has 0 saturated heterocycles. The molecule has 0 amide bonds. The van der Waals surface area contributed by atoms with Crippen LogP contribution in [-0.4, -0.2) is 33.2 Å². The van der Waals surface area contributed by atoms with Crippen LogP contribution in [0.5, 0.6) is 0 Å². The van der Waals surface area contributed by atoms with Gasteiger partial charge >= 0.3 is 17.9 Å². The van der Waals surface area contributed by atoms with Crippen molar-refractivity contribution in [3.63, 3.8) is 0 Å². The molecular weight excluding hydrogens is 374 g/mol. The third-order valence-corrected chi connectivity index (χ3v) is 2.68. The summed E-state index contributed by atoms with van der Waals surface area (Å²) in [7, 11) is 0. The molecule has 2 aromatic carbocycles. The summed E-state index contributed by atoms with van der Waals surface area (Å²) in [4.78, 5) is 29.9. The molecule has 0 bridgehead atoms. The number of nitrogens with zero attached hydrogens (tertiary/aromatic N) is 1. The number of carboxylic acid groups (broad SMARTS) is 3. The van der Waals surface area contributed by atoms with Gasteiger partial charge in [-0.1, -0.05) is 56.1 Å². The van der Waals surface area contributed by atoms with Gasteiger partial charge in [-0.25, -0.2) is 14.4 Å². The predicted octanol–water partition coefficient (Wildman–Crippen LogP) is 4.37. The molecule has 2 aromatic rings. The number of allylic oxidation sites excluding steroid dienone is 1. The van der Waals surface area contributed by atoms with E-state index in [0.717, 1.165) is 6.08 Å². The number of nitriles is 1. The molecule has 0 spiro atoms. The summed E-state index contributed by atoms with van der Waals surface area (Å²) in [5.41, 5.74) is 1.34. The normalized spacial score (nSPS) is 7.83. The molecule has 0 radical (unpaired) electrons. The van der Waals surface area contributed by atoms with Crippen LogP contribution in [-0.2, 0) is 4.79 Å². The van der Waals surface area contributed by atoms with Crippen molar-refractivity contribution in [3.05, 3.63) is 103 Å². The summed E-state index contributed by atoms with van der Waals surface area (Å²) in [5.74, 6) is -3.11. The molecule has 29 heavy (non-hydrogen) atoms. The standard InChI is InChI=1S/C8H6O4.C8H8.C3H3N.C3H4O2/c9-7(10)5-1-2-6(4-3-5)8(11)12;1-2-8-6-4-3-5-7-8;1-2-3-4;1-2-3(4)5/h1-4H,(H,9,10)(H,11,12);2-7H,1H2;2H,1H2;2H,1H2,(H,4,5). The van der Waals surface area contributed by atoms with E-state index in [-0.39, 0.29) is 11.1 Å². The maximum absolute atomic E-state index is 10.3. The van der Waals surface area contributed by atoms with Gasteiger partial charge in [-0.2, -0.15) is 5.26 Å². The number of benzene rings is 2. The van der Waals surface area contributed by atoms with Gasteiger partial charge in [0.15, 0.2) is 0 Å². The highest BCUT2D eigenvalue weighted by Gasteiger charge is 2.04. The molecule has 3 N–H and O–H groups in total. The average Bonchev–Trinajstić information content (AvgIpc) is 2.75. The zero-order valence-electron chi connectivity index (χ0n) is 15.6. The van der Waals surface area contributed by atoms with Gasteiger partial charge in [0.25, 0.3) is 0 Å². The average molecular weight is 395 g/mol. The molecule has 0 aromatic heterocycles. The lowest BCUT2D eigenvalue weighted by Crippen LogP contribution is -1.99. The fraction of sp³-hybridized carbons (Fsp3) is 0. The second-order valence-corrected chi connectivity index (χ2v) is 4.68. The van der Waals surface area contributed by atoms with Crippen molar-refractivity contribution < 1.29 is 29.7 Å². The van der Waals surface area contributed by atoms with Gasteiger partial charge in [-0.05, 0) is 29.8 Å². The van der Waals surface area contributed by atoms with Gasteiger partial charge in [0.2, 0.25) is 0 Å². The van der Waals surface area contributed by atoms with E-state index in [2.05, 4.69) is 19.7 Å². The molecule has 0 aliphatic heterocycles. The molecule has 2 rings (SSSR count). The number of carbonyl (C=O) groups is 3. The smallest absolute Gasteiger partial charge is 0.335 e. The first-order chi connectivity index (χ1) is 13.7. The van der Waals surface area contributed by atoms with E-state index >= 15 is 0 Å². The van der Waals surface area contributed by atoms with E-state index in [1.54, 1.807) is 6.07 Å². The zero-order chi connectivity index (χ0) is 22.7. The van der Waals surface area contributed by atoms with Crippen LogP contribution in [0.4, 0.5) is 0 Å². The first-order valence-corrected chi connectivity index (χ1v) is 7.83. The number of aromatic carboxylic acids is 2. The van der Waals surface area contributed by atoms with Gasteiger partial charge in [0.05, 0.1) is 17.2 Å². The van der Waals surface area contributed by atoms with E-state index in [9.17, 15) is 14.4 Å². The quantitative estimate of drug-likeness (QED) is 0.516. The molecule has 0 fully saturated rings. The van der Waals surface area contributed by atoms with Crippen LogP contribution in [0, 0.1) is 11.3 Å². The Morgan fingerprint density at radius 2 is 1.14 bits per heavy atom. The van der Waals surface area contributed by atoms with Crippen LogP contribution in [0.3, 0.4) is 0 Å². The van der Waals surface area contributed by atoms with Gasteiger partial charge in [-0.3, -0.25) is 0 Å².